The second kappa shape index (κ2) is 7.05. The number of para-hydroxylation sites is 1. The Morgan fingerprint density at radius 1 is 1.38 bits per heavy atom. The maximum atomic E-state index is 11.8. The molecule has 0 bridgehead atoms. The molecular formula is C18H23N3O3. The van der Waals surface area contributed by atoms with Crippen molar-refractivity contribution in [2.75, 3.05) is 26.7 Å². The van der Waals surface area contributed by atoms with E-state index < -0.39 is 0 Å². The number of methoxy groups -OCH3 is 1. The van der Waals surface area contributed by atoms with Gasteiger partial charge in [0.2, 0.25) is 5.91 Å². The summed E-state index contributed by atoms with van der Waals surface area (Å²) in [5, 5.41) is 4.11. The number of amides is 1. The Labute approximate surface area is 142 Å². The Hall–Kier alpha value is -2.34. The van der Waals surface area contributed by atoms with Gasteiger partial charge < -0.3 is 14.2 Å². The molecule has 1 aromatic heterocycles. The minimum absolute atomic E-state index is 0.0656. The van der Waals surface area contributed by atoms with Crippen LogP contribution in [0.3, 0.4) is 0 Å². The fraction of sp³-hybridized carbons (Fsp3) is 0.444. The summed E-state index contributed by atoms with van der Waals surface area (Å²) >= 11 is 0. The third-order valence-corrected chi connectivity index (χ3v) is 4.48. The molecule has 0 saturated carbocycles. The molecule has 24 heavy (non-hydrogen) atoms. The van der Waals surface area contributed by atoms with Gasteiger partial charge in [0.1, 0.15) is 11.5 Å². The number of benzene rings is 1. The average Bonchev–Trinajstić information content (AvgIpc) is 3.00. The van der Waals surface area contributed by atoms with E-state index in [1.807, 2.05) is 36.1 Å². The van der Waals surface area contributed by atoms with Crippen LogP contribution in [0.4, 0.5) is 0 Å². The zero-order valence-corrected chi connectivity index (χ0v) is 14.4. The lowest BCUT2D eigenvalue weighted by Crippen LogP contribution is -2.49. The van der Waals surface area contributed by atoms with E-state index in [4.69, 9.17) is 9.26 Å². The predicted octanol–water partition coefficient (Wildman–Crippen LogP) is 2.40. The van der Waals surface area contributed by atoms with Crippen LogP contribution >= 0.6 is 0 Å². The van der Waals surface area contributed by atoms with Crippen LogP contribution in [0, 0.1) is 6.92 Å². The molecular weight excluding hydrogens is 306 g/mol. The molecule has 1 fully saturated rings. The van der Waals surface area contributed by atoms with Crippen molar-refractivity contribution < 1.29 is 14.1 Å². The van der Waals surface area contributed by atoms with Crippen LogP contribution in [0.5, 0.6) is 5.75 Å². The predicted molar refractivity (Wildman–Crippen MR) is 89.6 cm³/mol. The molecule has 1 amide bonds. The van der Waals surface area contributed by atoms with E-state index in [1.165, 1.54) is 0 Å². The van der Waals surface area contributed by atoms with Gasteiger partial charge in [0.15, 0.2) is 0 Å². The van der Waals surface area contributed by atoms with Gasteiger partial charge in [-0.2, -0.15) is 0 Å². The van der Waals surface area contributed by atoms with Crippen molar-refractivity contribution in [2.24, 2.45) is 0 Å². The molecule has 0 radical (unpaired) electrons. The highest BCUT2D eigenvalue weighted by Gasteiger charge is 2.31. The van der Waals surface area contributed by atoms with Gasteiger partial charge in [-0.3, -0.25) is 9.69 Å². The number of rotatable bonds is 4. The molecule has 6 nitrogen and oxygen atoms in total. The van der Waals surface area contributed by atoms with Gasteiger partial charge in [-0.05, 0) is 13.0 Å². The summed E-state index contributed by atoms with van der Waals surface area (Å²) in [6, 6.07) is 10.0. The van der Waals surface area contributed by atoms with Crippen molar-refractivity contribution in [3.05, 3.63) is 47.3 Å². The number of aromatic nitrogens is 1. The Morgan fingerprint density at radius 3 is 2.83 bits per heavy atom. The first kappa shape index (κ1) is 16.5. The normalized spacial score (nSPS) is 18.6. The Morgan fingerprint density at radius 2 is 2.17 bits per heavy atom. The van der Waals surface area contributed by atoms with E-state index in [2.05, 4.69) is 16.1 Å². The maximum absolute atomic E-state index is 11.8. The van der Waals surface area contributed by atoms with E-state index >= 15 is 0 Å². The molecule has 1 aliphatic heterocycles. The van der Waals surface area contributed by atoms with E-state index in [0.29, 0.717) is 13.1 Å². The second-order valence-electron chi connectivity index (χ2n) is 6.12. The lowest BCUT2D eigenvalue weighted by Gasteiger charge is -2.41. The smallest absolute Gasteiger partial charge is 0.219 e. The molecule has 1 saturated heterocycles. The first-order valence-electron chi connectivity index (χ1n) is 8.13. The van der Waals surface area contributed by atoms with Gasteiger partial charge in [0.25, 0.3) is 0 Å². The van der Waals surface area contributed by atoms with E-state index in [-0.39, 0.29) is 11.9 Å². The molecule has 0 aliphatic carbocycles. The molecule has 1 aliphatic rings. The highest BCUT2D eigenvalue weighted by Crippen LogP contribution is 2.33. The zero-order chi connectivity index (χ0) is 17.1. The van der Waals surface area contributed by atoms with Gasteiger partial charge in [-0.1, -0.05) is 23.4 Å². The summed E-state index contributed by atoms with van der Waals surface area (Å²) in [5.41, 5.74) is 2.00. The summed E-state index contributed by atoms with van der Waals surface area (Å²) in [6.45, 7) is 6.35. The van der Waals surface area contributed by atoms with Gasteiger partial charge in [0, 0.05) is 44.7 Å². The summed E-state index contributed by atoms with van der Waals surface area (Å²) in [7, 11) is 1.68. The lowest BCUT2D eigenvalue weighted by atomic mass is 10.0. The van der Waals surface area contributed by atoms with Crippen molar-refractivity contribution in [3.8, 4) is 5.75 Å². The Bertz CT molecular complexity index is 713. The summed E-state index contributed by atoms with van der Waals surface area (Å²) in [5.74, 6) is 1.75. The van der Waals surface area contributed by atoms with Gasteiger partial charge >= 0.3 is 0 Å². The van der Waals surface area contributed by atoms with Gasteiger partial charge in [-0.15, -0.1) is 0 Å². The summed E-state index contributed by atoms with van der Waals surface area (Å²) < 4.78 is 10.7. The Kier molecular flexibility index (Phi) is 4.85. The number of hydrogen-bond acceptors (Lipinski definition) is 5. The molecule has 6 heteroatoms. The van der Waals surface area contributed by atoms with Crippen LogP contribution in [-0.4, -0.2) is 47.6 Å². The van der Waals surface area contributed by atoms with Gasteiger partial charge in [-0.25, -0.2) is 0 Å². The number of piperazine rings is 1. The van der Waals surface area contributed by atoms with Crippen LogP contribution in [0.1, 0.15) is 30.0 Å². The SMILES string of the molecule is COc1ccccc1[C@@H]1CN(C(C)=O)CCN1Cc1cc(C)on1. The highest BCUT2D eigenvalue weighted by atomic mass is 16.5. The third kappa shape index (κ3) is 3.43. The number of nitrogens with zero attached hydrogens (tertiary/aromatic N) is 3. The van der Waals surface area contributed by atoms with E-state index in [1.54, 1.807) is 14.0 Å². The van der Waals surface area contributed by atoms with Crippen molar-refractivity contribution in [3.63, 3.8) is 0 Å². The number of carbonyl (C=O) groups excluding carboxylic acids is 1. The molecule has 128 valence electrons. The fourth-order valence-corrected chi connectivity index (χ4v) is 3.23. The molecule has 0 N–H and O–H groups in total. The second-order valence-corrected chi connectivity index (χ2v) is 6.12. The summed E-state index contributed by atoms with van der Waals surface area (Å²) in [4.78, 5) is 16.1. The van der Waals surface area contributed by atoms with Crippen molar-refractivity contribution in [1.29, 1.82) is 0 Å². The third-order valence-electron chi connectivity index (χ3n) is 4.48. The average molecular weight is 329 g/mol. The van der Waals surface area contributed by atoms with Crippen LogP contribution in [0.2, 0.25) is 0 Å². The maximum Gasteiger partial charge on any atom is 0.219 e. The molecule has 3 rings (SSSR count). The number of aryl methyl sites for hydroxylation is 1. The van der Waals surface area contributed by atoms with E-state index in [0.717, 1.165) is 35.9 Å². The van der Waals surface area contributed by atoms with Crippen molar-refractivity contribution in [2.45, 2.75) is 26.4 Å². The fourth-order valence-electron chi connectivity index (χ4n) is 3.23. The molecule has 0 spiro atoms. The molecule has 1 atom stereocenters. The van der Waals surface area contributed by atoms with Gasteiger partial charge in [0.05, 0.1) is 18.8 Å². The zero-order valence-electron chi connectivity index (χ0n) is 14.4. The largest absolute Gasteiger partial charge is 0.496 e. The molecule has 0 unspecified atom stereocenters. The quantitative estimate of drug-likeness (QED) is 0.862. The number of ether oxygens (including phenoxy) is 1. The van der Waals surface area contributed by atoms with E-state index in [9.17, 15) is 4.79 Å². The first-order chi connectivity index (χ1) is 11.6. The highest BCUT2D eigenvalue weighted by molar-refractivity contribution is 5.73. The summed E-state index contributed by atoms with van der Waals surface area (Å²) in [6.07, 6.45) is 0. The van der Waals surface area contributed by atoms with Crippen LogP contribution < -0.4 is 4.74 Å². The minimum atomic E-state index is 0.0656. The number of carbonyl (C=O) groups is 1. The topological polar surface area (TPSA) is 58.8 Å². The molecule has 2 aromatic rings. The molecule has 2 heterocycles. The minimum Gasteiger partial charge on any atom is -0.496 e. The first-order valence-corrected chi connectivity index (χ1v) is 8.13. The monoisotopic (exact) mass is 329 g/mol. The number of hydrogen-bond donors (Lipinski definition) is 0. The standard InChI is InChI=1S/C18H23N3O3/c1-13-10-15(19-24-13)11-21-9-8-20(14(2)22)12-17(21)16-6-4-5-7-18(16)23-3/h4-7,10,17H,8-9,11-12H2,1-3H3/t17-/m0/s1. The Balaban J connectivity index is 1.89. The van der Waals surface area contributed by atoms with Crippen LogP contribution in [0.25, 0.3) is 0 Å². The van der Waals surface area contributed by atoms with Crippen molar-refractivity contribution >= 4 is 5.91 Å². The van der Waals surface area contributed by atoms with Crippen LogP contribution in [0.15, 0.2) is 34.9 Å². The lowest BCUT2D eigenvalue weighted by molar-refractivity contribution is -0.132. The van der Waals surface area contributed by atoms with Crippen LogP contribution in [-0.2, 0) is 11.3 Å². The molecule has 1 aromatic carbocycles. The van der Waals surface area contributed by atoms with Crippen molar-refractivity contribution in [1.82, 2.24) is 15.0 Å².